The summed E-state index contributed by atoms with van der Waals surface area (Å²) < 4.78 is 30.6. The number of carbonyl (C=O) groups is 1. The van der Waals surface area contributed by atoms with Gasteiger partial charge in [0.15, 0.2) is 0 Å². The maximum atomic E-state index is 13.2. The molecule has 122 valence electrons. The Morgan fingerprint density at radius 2 is 2.05 bits per heavy atom. The Kier molecular flexibility index (Phi) is 4.29. The Labute approximate surface area is 132 Å². The molecule has 2 saturated heterocycles. The molecule has 0 bridgehead atoms. The van der Waals surface area contributed by atoms with Crippen LogP contribution in [-0.4, -0.2) is 52.3 Å². The van der Waals surface area contributed by atoms with Gasteiger partial charge in [-0.2, -0.15) is 4.37 Å². The second kappa shape index (κ2) is 6.06. The molecule has 3 rings (SSSR count). The Morgan fingerprint density at radius 3 is 2.68 bits per heavy atom. The lowest BCUT2D eigenvalue weighted by atomic mass is 9.95. The van der Waals surface area contributed by atoms with Gasteiger partial charge in [-0.05, 0) is 19.8 Å². The molecule has 0 radical (unpaired) electrons. The van der Waals surface area contributed by atoms with Gasteiger partial charge in [0.25, 0.3) is 5.92 Å². The van der Waals surface area contributed by atoms with Crippen molar-refractivity contribution >= 4 is 22.6 Å². The highest BCUT2D eigenvalue weighted by atomic mass is 32.1. The summed E-state index contributed by atoms with van der Waals surface area (Å²) in [5.41, 5.74) is 0. The van der Waals surface area contributed by atoms with Crippen molar-refractivity contribution in [2.45, 2.75) is 38.5 Å². The number of halogens is 2. The molecule has 1 aromatic rings. The first-order valence-corrected chi connectivity index (χ1v) is 8.44. The molecule has 0 aliphatic carbocycles. The van der Waals surface area contributed by atoms with Crippen molar-refractivity contribution in [3.8, 4) is 0 Å². The highest BCUT2D eigenvalue weighted by Crippen LogP contribution is 2.30. The topological polar surface area (TPSA) is 49.3 Å². The predicted octanol–water partition coefficient (Wildman–Crippen LogP) is 2.32. The average molecular weight is 330 g/mol. The summed E-state index contributed by atoms with van der Waals surface area (Å²) >= 11 is 1.35. The molecule has 0 N–H and O–H groups in total. The molecule has 22 heavy (non-hydrogen) atoms. The molecule has 1 atom stereocenters. The van der Waals surface area contributed by atoms with Crippen molar-refractivity contribution in [1.29, 1.82) is 0 Å². The molecular weight excluding hydrogens is 310 g/mol. The Hall–Kier alpha value is -1.31. The SMILES string of the molecule is Cc1nsc(N2CCCC(C(=O)N3CCC(F)(F)CC3)C2)n1. The number of rotatable bonds is 2. The summed E-state index contributed by atoms with van der Waals surface area (Å²) in [6.45, 7) is 3.66. The normalized spacial score (nSPS) is 25.3. The molecule has 2 aliphatic heterocycles. The van der Waals surface area contributed by atoms with Crippen molar-refractivity contribution in [1.82, 2.24) is 14.3 Å². The Bertz CT molecular complexity index is 541. The molecule has 0 spiro atoms. The Balaban J connectivity index is 1.61. The number of likely N-dealkylation sites (tertiary alicyclic amines) is 1. The van der Waals surface area contributed by atoms with Crippen LogP contribution < -0.4 is 4.90 Å². The van der Waals surface area contributed by atoms with Crippen LogP contribution >= 0.6 is 11.5 Å². The summed E-state index contributed by atoms with van der Waals surface area (Å²) in [4.78, 5) is 20.6. The molecule has 3 heterocycles. The second-order valence-electron chi connectivity index (χ2n) is 6.09. The number of anilines is 1. The zero-order chi connectivity index (χ0) is 15.7. The smallest absolute Gasteiger partial charge is 0.251 e. The van der Waals surface area contributed by atoms with Gasteiger partial charge in [0, 0.05) is 50.6 Å². The van der Waals surface area contributed by atoms with Gasteiger partial charge in [-0.1, -0.05) is 0 Å². The number of carbonyl (C=O) groups excluding carboxylic acids is 1. The average Bonchev–Trinajstić information content (AvgIpc) is 2.93. The van der Waals surface area contributed by atoms with E-state index in [1.807, 2.05) is 6.92 Å². The van der Waals surface area contributed by atoms with E-state index in [1.165, 1.54) is 11.5 Å². The lowest BCUT2D eigenvalue weighted by Crippen LogP contribution is -2.49. The first-order valence-electron chi connectivity index (χ1n) is 7.66. The first-order chi connectivity index (χ1) is 10.4. The number of nitrogens with zero attached hydrogens (tertiary/aromatic N) is 4. The van der Waals surface area contributed by atoms with Crippen LogP contribution in [0, 0.1) is 12.8 Å². The van der Waals surface area contributed by atoms with Gasteiger partial charge in [-0.3, -0.25) is 4.79 Å². The number of alkyl halides is 2. The number of hydrogen-bond acceptors (Lipinski definition) is 5. The van der Waals surface area contributed by atoms with Gasteiger partial charge in [-0.25, -0.2) is 13.8 Å². The molecule has 1 amide bonds. The van der Waals surface area contributed by atoms with E-state index in [2.05, 4.69) is 14.3 Å². The first kappa shape index (κ1) is 15.6. The molecule has 1 aromatic heterocycles. The van der Waals surface area contributed by atoms with E-state index < -0.39 is 5.92 Å². The largest absolute Gasteiger partial charge is 0.346 e. The highest BCUT2D eigenvalue weighted by Gasteiger charge is 2.38. The molecule has 5 nitrogen and oxygen atoms in total. The number of amides is 1. The van der Waals surface area contributed by atoms with Gasteiger partial charge in [0.05, 0.1) is 5.92 Å². The van der Waals surface area contributed by atoms with Crippen molar-refractivity contribution in [3.05, 3.63) is 5.82 Å². The summed E-state index contributed by atoms with van der Waals surface area (Å²) in [6.07, 6.45) is 1.30. The summed E-state index contributed by atoms with van der Waals surface area (Å²) in [6, 6.07) is 0. The fourth-order valence-electron chi connectivity index (χ4n) is 3.08. The standard InChI is InChI=1S/C14H20F2N4OS/c1-10-17-13(22-18-10)20-6-2-3-11(9-20)12(21)19-7-4-14(15,16)5-8-19/h11H,2-9H2,1H3. The second-order valence-corrected chi connectivity index (χ2v) is 6.82. The molecule has 0 saturated carbocycles. The third-order valence-corrected chi connectivity index (χ3v) is 5.23. The third-order valence-electron chi connectivity index (χ3n) is 4.36. The maximum Gasteiger partial charge on any atom is 0.251 e. The molecule has 8 heteroatoms. The highest BCUT2D eigenvalue weighted by molar-refractivity contribution is 7.09. The van der Waals surface area contributed by atoms with Gasteiger partial charge in [0.1, 0.15) is 5.82 Å². The fourth-order valence-corrected chi connectivity index (χ4v) is 3.79. The van der Waals surface area contributed by atoms with Crippen LogP contribution in [0.5, 0.6) is 0 Å². The molecule has 1 unspecified atom stereocenters. The predicted molar refractivity (Wildman–Crippen MR) is 80.3 cm³/mol. The van der Waals surface area contributed by atoms with E-state index >= 15 is 0 Å². The zero-order valence-electron chi connectivity index (χ0n) is 12.6. The van der Waals surface area contributed by atoms with Gasteiger partial charge < -0.3 is 9.80 Å². The number of piperidine rings is 2. The zero-order valence-corrected chi connectivity index (χ0v) is 13.4. The van der Waals surface area contributed by atoms with Crippen LogP contribution in [0.4, 0.5) is 13.9 Å². The van der Waals surface area contributed by atoms with Gasteiger partial charge >= 0.3 is 0 Å². The minimum atomic E-state index is -2.61. The van der Waals surface area contributed by atoms with Crippen LogP contribution in [0.3, 0.4) is 0 Å². The van der Waals surface area contributed by atoms with Crippen molar-refractivity contribution < 1.29 is 13.6 Å². The third kappa shape index (κ3) is 3.37. The number of aryl methyl sites for hydroxylation is 1. The van der Waals surface area contributed by atoms with Crippen LogP contribution in [0.2, 0.25) is 0 Å². The summed E-state index contributed by atoms with van der Waals surface area (Å²) in [5.74, 6) is -1.97. The molecule has 2 fully saturated rings. The lowest BCUT2D eigenvalue weighted by Gasteiger charge is -2.37. The molecule has 0 aromatic carbocycles. The van der Waals surface area contributed by atoms with Crippen molar-refractivity contribution in [2.24, 2.45) is 5.92 Å². The molecule has 2 aliphatic rings. The van der Waals surface area contributed by atoms with E-state index in [1.54, 1.807) is 4.90 Å². The van der Waals surface area contributed by atoms with Gasteiger partial charge in [-0.15, -0.1) is 0 Å². The van der Waals surface area contributed by atoms with Crippen LogP contribution in [0.25, 0.3) is 0 Å². The van der Waals surface area contributed by atoms with Crippen LogP contribution in [0.1, 0.15) is 31.5 Å². The van der Waals surface area contributed by atoms with Crippen LogP contribution in [0.15, 0.2) is 0 Å². The monoisotopic (exact) mass is 330 g/mol. The number of aromatic nitrogens is 2. The quantitative estimate of drug-likeness (QED) is 0.835. The van der Waals surface area contributed by atoms with Gasteiger partial charge in [0.2, 0.25) is 11.0 Å². The van der Waals surface area contributed by atoms with Crippen molar-refractivity contribution in [3.63, 3.8) is 0 Å². The molecular formula is C14H20F2N4OS. The fraction of sp³-hybridized carbons (Fsp3) is 0.786. The van der Waals surface area contributed by atoms with E-state index in [4.69, 9.17) is 0 Å². The van der Waals surface area contributed by atoms with Crippen LogP contribution in [-0.2, 0) is 4.79 Å². The van der Waals surface area contributed by atoms with E-state index in [0.29, 0.717) is 6.54 Å². The van der Waals surface area contributed by atoms with E-state index in [0.717, 1.165) is 30.3 Å². The Morgan fingerprint density at radius 1 is 1.32 bits per heavy atom. The van der Waals surface area contributed by atoms with Crippen molar-refractivity contribution in [2.75, 3.05) is 31.1 Å². The minimum Gasteiger partial charge on any atom is -0.346 e. The summed E-state index contributed by atoms with van der Waals surface area (Å²) in [7, 11) is 0. The van der Waals surface area contributed by atoms with E-state index in [9.17, 15) is 13.6 Å². The number of hydrogen-bond donors (Lipinski definition) is 0. The maximum absolute atomic E-state index is 13.2. The lowest BCUT2D eigenvalue weighted by molar-refractivity contribution is -0.141. The van der Waals surface area contributed by atoms with E-state index in [-0.39, 0.29) is 37.8 Å². The minimum absolute atomic E-state index is 0.0152. The summed E-state index contributed by atoms with van der Waals surface area (Å²) in [5, 5.41) is 0.847.